The Labute approximate surface area is 112 Å². The summed E-state index contributed by atoms with van der Waals surface area (Å²) in [7, 11) is -2.07. The lowest BCUT2D eigenvalue weighted by molar-refractivity contribution is 0.254. The Balaban J connectivity index is 2.74. The van der Waals surface area contributed by atoms with E-state index in [1.807, 2.05) is 6.92 Å². The average molecular weight is 296 g/mol. The van der Waals surface area contributed by atoms with Crippen molar-refractivity contribution in [1.29, 1.82) is 0 Å². The summed E-state index contributed by atoms with van der Waals surface area (Å²) < 4.78 is 27.8. The van der Waals surface area contributed by atoms with Gasteiger partial charge < -0.3 is 9.67 Å². The van der Waals surface area contributed by atoms with Gasteiger partial charge >= 0.3 is 0 Å². The van der Waals surface area contributed by atoms with Crippen molar-refractivity contribution in [3.8, 4) is 0 Å². The summed E-state index contributed by atoms with van der Waals surface area (Å²) in [5, 5.41) is 8.77. The van der Waals surface area contributed by atoms with Crippen molar-refractivity contribution in [3.63, 3.8) is 0 Å². The van der Waals surface area contributed by atoms with Gasteiger partial charge in [0, 0.05) is 20.2 Å². The lowest BCUT2D eigenvalue weighted by atomic mass is 10.0. The van der Waals surface area contributed by atoms with E-state index in [1.54, 1.807) is 7.05 Å². The molecule has 0 spiro atoms. The zero-order valence-electron chi connectivity index (χ0n) is 10.4. The van der Waals surface area contributed by atoms with Gasteiger partial charge in [0.05, 0.1) is 6.33 Å². The number of halogens is 1. The van der Waals surface area contributed by atoms with Crippen LogP contribution in [0, 0.1) is 5.92 Å². The lowest BCUT2D eigenvalue weighted by Gasteiger charge is -2.13. The number of aromatic nitrogens is 2. The maximum absolute atomic E-state index is 12.0. The second-order valence-electron chi connectivity index (χ2n) is 4.09. The van der Waals surface area contributed by atoms with Crippen molar-refractivity contribution in [2.24, 2.45) is 13.0 Å². The van der Waals surface area contributed by atoms with Crippen LogP contribution in [0.5, 0.6) is 0 Å². The molecule has 0 aliphatic carbocycles. The smallest absolute Gasteiger partial charge is 0.261 e. The molecule has 0 radical (unpaired) electrons. The highest BCUT2D eigenvalue weighted by Crippen LogP contribution is 2.18. The Hall–Kier alpha value is -0.630. The summed E-state index contributed by atoms with van der Waals surface area (Å²) in [5.74, 6) is 0.104. The van der Waals surface area contributed by atoms with Gasteiger partial charge in [0.15, 0.2) is 0 Å². The number of sulfonamides is 1. The molecule has 18 heavy (non-hydrogen) atoms. The summed E-state index contributed by atoms with van der Waals surface area (Å²) in [6.45, 7) is 2.26. The molecule has 104 valence electrons. The van der Waals surface area contributed by atoms with Crippen molar-refractivity contribution in [2.45, 2.75) is 24.8 Å². The predicted octanol–water partition coefficient (Wildman–Crippen LogP) is 0.760. The topological polar surface area (TPSA) is 84.2 Å². The largest absolute Gasteiger partial charge is 0.396 e. The molecular formula is C10H18ClN3O3S. The predicted molar refractivity (Wildman–Crippen MR) is 68.9 cm³/mol. The molecule has 6 nitrogen and oxygen atoms in total. The molecule has 1 unspecified atom stereocenters. The highest BCUT2D eigenvalue weighted by molar-refractivity contribution is 7.89. The number of imidazole rings is 1. The number of hydrogen-bond acceptors (Lipinski definition) is 4. The van der Waals surface area contributed by atoms with Crippen LogP contribution >= 0.6 is 11.6 Å². The third-order valence-electron chi connectivity index (χ3n) is 2.77. The van der Waals surface area contributed by atoms with E-state index >= 15 is 0 Å². The summed E-state index contributed by atoms with van der Waals surface area (Å²) in [5.41, 5.74) is 0. The first kappa shape index (κ1) is 15.4. The van der Waals surface area contributed by atoms with Gasteiger partial charge in [-0.3, -0.25) is 0 Å². The number of aliphatic hydroxyl groups is 1. The first-order chi connectivity index (χ1) is 8.42. The van der Waals surface area contributed by atoms with Gasteiger partial charge in [-0.2, -0.15) is 0 Å². The maximum Gasteiger partial charge on any atom is 0.261 e. The second kappa shape index (κ2) is 6.51. The Morgan fingerprint density at radius 3 is 2.72 bits per heavy atom. The van der Waals surface area contributed by atoms with Crippen molar-refractivity contribution >= 4 is 21.6 Å². The fraction of sp³-hybridized carbons (Fsp3) is 0.700. The van der Waals surface area contributed by atoms with Crippen LogP contribution < -0.4 is 4.72 Å². The number of rotatable bonds is 7. The molecule has 0 saturated carbocycles. The number of nitrogens with one attached hydrogen (secondary N) is 1. The third kappa shape index (κ3) is 3.68. The van der Waals surface area contributed by atoms with Crippen LogP contribution in [0.3, 0.4) is 0 Å². The number of aliphatic hydroxyl groups excluding tert-OH is 1. The maximum atomic E-state index is 12.0. The molecule has 8 heteroatoms. The monoisotopic (exact) mass is 295 g/mol. The van der Waals surface area contributed by atoms with E-state index in [-0.39, 0.29) is 29.2 Å². The van der Waals surface area contributed by atoms with E-state index in [1.165, 1.54) is 10.9 Å². The quantitative estimate of drug-likeness (QED) is 0.778. The first-order valence-corrected chi connectivity index (χ1v) is 7.55. The summed E-state index contributed by atoms with van der Waals surface area (Å²) in [4.78, 5) is 3.77. The molecule has 2 N–H and O–H groups in total. The van der Waals surface area contributed by atoms with Gasteiger partial charge in [0.1, 0.15) is 5.15 Å². The van der Waals surface area contributed by atoms with Crippen LogP contribution in [-0.4, -0.2) is 36.2 Å². The fourth-order valence-electron chi connectivity index (χ4n) is 1.50. The van der Waals surface area contributed by atoms with E-state index in [0.29, 0.717) is 6.42 Å². The summed E-state index contributed by atoms with van der Waals surface area (Å²) >= 11 is 5.84. The van der Waals surface area contributed by atoms with Crippen LogP contribution in [-0.2, 0) is 17.1 Å². The molecule has 0 amide bonds. The summed E-state index contributed by atoms with van der Waals surface area (Å²) in [6.07, 6.45) is 2.70. The molecule has 1 aromatic heterocycles. The number of aryl methyl sites for hydroxylation is 1. The van der Waals surface area contributed by atoms with Crippen LogP contribution in [0.25, 0.3) is 0 Å². The second-order valence-corrected chi connectivity index (χ2v) is 6.13. The molecule has 1 atom stereocenters. The van der Waals surface area contributed by atoms with Crippen LogP contribution in [0.1, 0.15) is 19.8 Å². The molecule has 0 aliphatic heterocycles. The van der Waals surface area contributed by atoms with Gasteiger partial charge in [0.2, 0.25) is 5.03 Å². The highest BCUT2D eigenvalue weighted by atomic mass is 35.5. The van der Waals surface area contributed by atoms with Crippen molar-refractivity contribution < 1.29 is 13.5 Å². The van der Waals surface area contributed by atoms with Gasteiger partial charge in [0.25, 0.3) is 10.0 Å². The SMILES string of the molecule is CCC(CCO)CNS(=O)(=O)c1ncn(C)c1Cl. The molecule has 0 saturated heterocycles. The summed E-state index contributed by atoms with van der Waals surface area (Å²) in [6, 6.07) is 0. The highest BCUT2D eigenvalue weighted by Gasteiger charge is 2.22. The fourth-order valence-corrected chi connectivity index (χ4v) is 3.04. The molecule has 0 fully saturated rings. The Morgan fingerprint density at radius 1 is 1.61 bits per heavy atom. The minimum Gasteiger partial charge on any atom is -0.396 e. The van der Waals surface area contributed by atoms with E-state index in [0.717, 1.165) is 6.42 Å². The van der Waals surface area contributed by atoms with E-state index in [9.17, 15) is 8.42 Å². The van der Waals surface area contributed by atoms with Crippen molar-refractivity contribution in [2.75, 3.05) is 13.2 Å². The lowest BCUT2D eigenvalue weighted by Crippen LogP contribution is -2.30. The molecule has 0 aromatic carbocycles. The van der Waals surface area contributed by atoms with Gasteiger partial charge in [-0.05, 0) is 12.3 Å². The van der Waals surface area contributed by atoms with Gasteiger partial charge in [-0.25, -0.2) is 18.1 Å². The molecule has 1 rings (SSSR count). The normalized spacial score (nSPS) is 13.8. The van der Waals surface area contributed by atoms with E-state index < -0.39 is 10.0 Å². The van der Waals surface area contributed by atoms with Crippen LogP contribution in [0.4, 0.5) is 0 Å². The molecule has 0 bridgehead atoms. The van der Waals surface area contributed by atoms with E-state index in [4.69, 9.17) is 16.7 Å². The zero-order chi connectivity index (χ0) is 13.8. The molecule has 1 aromatic rings. The van der Waals surface area contributed by atoms with Crippen LogP contribution in [0.2, 0.25) is 5.15 Å². The van der Waals surface area contributed by atoms with Gasteiger partial charge in [-0.1, -0.05) is 24.9 Å². The molecule has 1 heterocycles. The first-order valence-electron chi connectivity index (χ1n) is 5.69. The molecule has 0 aliphatic rings. The van der Waals surface area contributed by atoms with E-state index in [2.05, 4.69) is 9.71 Å². The standard InChI is InChI=1S/C10H18ClN3O3S/c1-3-8(4-5-15)6-13-18(16,17)10-9(11)14(2)7-12-10/h7-8,13,15H,3-6H2,1-2H3. The van der Waals surface area contributed by atoms with Crippen molar-refractivity contribution in [3.05, 3.63) is 11.5 Å². The number of nitrogens with zero attached hydrogens (tertiary/aromatic N) is 2. The number of hydrogen-bond donors (Lipinski definition) is 2. The Kier molecular flexibility index (Phi) is 5.58. The Morgan fingerprint density at radius 2 is 2.28 bits per heavy atom. The molecular weight excluding hydrogens is 278 g/mol. The van der Waals surface area contributed by atoms with Crippen LogP contribution in [0.15, 0.2) is 11.4 Å². The van der Waals surface area contributed by atoms with Crippen molar-refractivity contribution in [1.82, 2.24) is 14.3 Å². The Bertz CT molecular complexity index is 487. The third-order valence-corrected chi connectivity index (χ3v) is 4.68. The zero-order valence-corrected chi connectivity index (χ0v) is 12.0. The minimum atomic E-state index is -3.69. The van der Waals surface area contributed by atoms with Gasteiger partial charge in [-0.15, -0.1) is 0 Å². The minimum absolute atomic E-state index is 0.0462. The average Bonchev–Trinajstić information content (AvgIpc) is 2.66.